The molecule has 0 bridgehead atoms. The van der Waals surface area contributed by atoms with E-state index in [-0.39, 0.29) is 11.5 Å². The average Bonchev–Trinajstić information content (AvgIpc) is 2.75. The quantitative estimate of drug-likeness (QED) is 0.559. The smallest absolute Gasteiger partial charge is 0.142 e. The Balaban J connectivity index is 2.23. The fraction of sp³-hybridized carbons (Fsp3) is 0. The van der Waals surface area contributed by atoms with Gasteiger partial charge in [0.15, 0.2) is 0 Å². The highest BCUT2D eigenvalue weighted by molar-refractivity contribution is 5.80. The van der Waals surface area contributed by atoms with Crippen LogP contribution in [0.15, 0.2) is 42.5 Å². The minimum Gasteiger partial charge on any atom is -0.508 e. The van der Waals surface area contributed by atoms with E-state index in [4.69, 9.17) is 0 Å². The Kier molecular flexibility index (Phi) is 2.01. The van der Waals surface area contributed by atoms with Crippen LogP contribution in [0.5, 0.6) is 11.5 Å². The van der Waals surface area contributed by atoms with Gasteiger partial charge in [-0.2, -0.15) is 0 Å². The second-order valence-electron chi connectivity index (χ2n) is 3.80. The summed E-state index contributed by atoms with van der Waals surface area (Å²) >= 11 is 0. The monoisotopic (exact) mass is 226 g/mol. The lowest BCUT2D eigenvalue weighted by Gasteiger charge is -2.01. The number of aromatic nitrogens is 2. The summed E-state index contributed by atoms with van der Waals surface area (Å²) in [6, 6.07) is 12.0. The maximum atomic E-state index is 9.74. The van der Waals surface area contributed by atoms with Crippen LogP contribution in [0.1, 0.15) is 0 Å². The van der Waals surface area contributed by atoms with Gasteiger partial charge in [0, 0.05) is 0 Å². The van der Waals surface area contributed by atoms with Gasteiger partial charge in [-0.05, 0) is 30.3 Å². The van der Waals surface area contributed by atoms with E-state index in [1.54, 1.807) is 0 Å². The van der Waals surface area contributed by atoms with E-state index in [1.165, 1.54) is 18.2 Å². The van der Waals surface area contributed by atoms with Gasteiger partial charge < -0.3 is 15.2 Å². The predicted molar refractivity (Wildman–Crippen MR) is 64.9 cm³/mol. The molecule has 0 saturated carbocycles. The lowest BCUT2D eigenvalue weighted by Crippen LogP contribution is -1.81. The number of rotatable bonds is 1. The van der Waals surface area contributed by atoms with Crippen LogP contribution in [0.3, 0.4) is 0 Å². The van der Waals surface area contributed by atoms with Crippen LogP contribution in [0, 0.1) is 0 Å². The summed E-state index contributed by atoms with van der Waals surface area (Å²) in [5.74, 6) is 0.722. The molecule has 0 aliphatic heterocycles. The van der Waals surface area contributed by atoms with E-state index < -0.39 is 0 Å². The Morgan fingerprint density at radius 1 is 1.00 bits per heavy atom. The van der Waals surface area contributed by atoms with E-state index in [0.717, 1.165) is 11.0 Å². The molecular weight excluding hydrogens is 216 g/mol. The van der Waals surface area contributed by atoms with Crippen LogP contribution in [0.2, 0.25) is 0 Å². The zero-order chi connectivity index (χ0) is 11.8. The highest BCUT2D eigenvalue weighted by atomic mass is 16.3. The number of phenols is 2. The number of aromatic hydroxyl groups is 2. The number of hydrogen-bond donors (Lipinski definition) is 3. The molecule has 0 aliphatic carbocycles. The number of H-pyrrole nitrogens is 1. The van der Waals surface area contributed by atoms with Gasteiger partial charge in [-0.1, -0.05) is 12.1 Å². The highest BCUT2D eigenvalue weighted by Crippen LogP contribution is 2.31. The molecule has 84 valence electrons. The summed E-state index contributed by atoms with van der Waals surface area (Å²) in [6.45, 7) is 0. The van der Waals surface area contributed by atoms with Gasteiger partial charge in [-0.3, -0.25) is 0 Å². The predicted octanol–water partition coefficient (Wildman–Crippen LogP) is 2.64. The van der Waals surface area contributed by atoms with Crippen molar-refractivity contribution >= 4 is 11.0 Å². The Morgan fingerprint density at radius 3 is 2.65 bits per heavy atom. The van der Waals surface area contributed by atoms with Gasteiger partial charge in [-0.15, -0.1) is 0 Å². The largest absolute Gasteiger partial charge is 0.508 e. The standard InChI is InChI=1S/C13H10N2O2/c16-8-5-6-12(17)9(7-8)13-14-10-3-1-2-4-11(10)15-13/h1-7,16-17H,(H,14,15). The van der Waals surface area contributed by atoms with Crippen LogP contribution >= 0.6 is 0 Å². The maximum Gasteiger partial charge on any atom is 0.142 e. The SMILES string of the molecule is Oc1ccc(O)c(-c2nc3ccccc3[nH]2)c1. The van der Waals surface area contributed by atoms with Gasteiger partial charge in [0.1, 0.15) is 17.3 Å². The number of benzene rings is 2. The first-order chi connectivity index (χ1) is 8.24. The van der Waals surface area contributed by atoms with Gasteiger partial charge in [0.25, 0.3) is 0 Å². The normalized spacial score (nSPS) is 10.8. The minimum absolute atomic E-state index is 0.0851. The molecule has 17 heavy (non-hydrogen) atoms. The van der Waals surface area contributed by atoms with E-state index in [2.05, 4.69) is 9.97 Å². The number of nitrogens with one attached hydrogen (secondary N) is 1. The second-order valence-corrected chi connectivity index (χ2v) is 3.80. The molecule has 0 saturated heterocycles. The van der Waals surface area contributed by atoms with E-state index in [1.807, 2.05) is 24.3 Å². The molecule has 1 aromatic heterocycles. The second kappa shape index (κ2) is 3.52. The Labute approximate surface area is 97.2 Å². The van der Waals surface area contributed by atoms with Crippen molar-refractivity contribution in [2.75, 3.05) is 0 Å². The van der Waals surface area contributed by atoms with Crippen LogP contribution < -0.4 is 0 Å². The summed E-state index contributed by atoms with van der Waals surface area (Å²) < 4.78 is 0. The summed E-state index contributed by atoms with van der Waals surface area (Å²) in [7, 11) is 0. The van der Waals surface area contributed by atoms with Crippen LogP contribution in [-0.2, 0) is 0 Å². The first-order valence-electron chi connectivity index (χ1n) is 5.21. The number of aromatic amines is 1. The minimum atomic E-state index is 0.0851. The summed E-state index contributed by atoms with van der Waals surface area (Å²) in [6.07, 6.45) is 0. The molecule has 3 N–H and O–H groups in total. The van der Waals surface area contributed by atoms with Gasteiger partial charge >= 0.3 is 0 Å². The number of para-hydroxylation sites is 2. The topological polar surface area (TPSA) is 69.1 Å². The number of nitrogens with zero attached hydrogens (tertiary/aromatic N) is 1. The highest BCUT2D eigenvalue weighted by Gasteiger charge is 2.09. The molecule has 0 spiro atoms. The number of phenolic OH excluding ortho intramolecular Hbond substituents is 2. The van der Waals surface area contributed by atoms with Crippen molar-refractivity contribution in [3.8, 4) is 22.9 Å². The molecular formula is C13H10N2O2. The number of hydrogen-bond acceptors (Lipinski definition) is 3. The molecule has 2 aromatic carbocycles. The zero-order valence-corrected chi connectivity index (χ0v) is 8.88. The Morgan fingerprint density at radius 2 is 1.82 bits per heavy atom. The number of imidazole rings is 1. The molecule has 0 atom stereocenters. The summed E-state index contributed by atoms with van der Waals surface area (Å²) in [5, 5.41) is 19.2. The molecule has 4 nitrogen and oxygen atoms in total. The number of fused-ring (bicyclic) bond motifs is 1. The molecule has 0 unspecified atom stereocenters. The zero-order valence-electron chi connectivity index (χ0n) is 8.88. The van der Waals surface area contributed by atoms with E-state index in [9.17, 15) is 10.2 Å². The maximum absolute atomic E-state index is 9.74. The molecule has 3 rings (SSSR count). The third-order valence-corrected chi connectivity index (χ3v) is 2.62. The van der Waals surface area contributed by atoms with Crippen molar-refractivity contribution in [2.45, 2.75) is 0 Å². The molecule has 1 heterocycles. The fourth-order valence-electron chi connectivity index (χ4n) is 1.79. The molecule has 4 heteroatoms. The molecule has 3 aromatic rings. The van der Waals surface area contributed by atoms with Crippen molar-refractivity contribution in [1.29, 1.82) is 0 Å². The molecule has 0 amide bonds. The third kappa shape index (κ3) is 1.59. The average molecular weight is 226 g/mol. The Bertz CT molecular complexity index is 656. The van der Waals surface area contributed by atoms with Gasteiger partial charge in [-0.25, -0.2) is 4.98 Å². The van der Waals surface area contributed by atoms with Gasteiger partial charge in [0.05, 0.1) is 16.6 Å². The lowest BCUT2D eigenvalue weighted by atomic mass is 10.2. The van der Waals surface area contributed by atoms with E-state index in [0.29, 0.717) is 11.4 Å². The van der Waals surface area contributed by atoms with Crippen molar-refractivity contribution in [1.82, 2.24) is 9.97 Å². The van der Waals surface area contributed by atoms with Crippen molar-refractivity contribution in [3.05, 3.63) is 42.5 Å². The first kappa shape index (κ1) is 9.72. The fourth-order valence-corrected chi connectivity index (χ4v) is 1.79. The van der Waals surface area contributed by atoms with Crippen molar-refractivity contribution in [2.24, 2.45) is 0 Å². The van der Waals surface area contributed by atoms with Crippen molar-refractivity contribution in [3.63, 3.8) is 0 Å². The Hall–Kier alpha value is -2.49. The molecule has 0 aliphatic rings. The van der Waals surface area contributed by atoms with Crippen LogP contribution in [-0.4, -0.2) is 20.2 Å². The van der Waals surface area contributed by atoms with Crippen molar-refractivity contribution < 1.29 is 10.2 Å². The molecule has 0 fully saturated rings. The summed E-state index contributed by atoms with van der Waals surface area (Å²) in [5.41, 5.74) is 2.21. The lowest BCUT2D eigenvalue weighted by molar-refractivity contribution is 0.461. The van der Waals surface area contributed by atoms with Gasteiger partial charge in [0.2, 0.25) is 0 Å². The first-order valence-corrected chi connectivity index (χ1v) is 5.21. The van der Waals surface area contributed by atoms with Crippen LogP contribution in [0.25, 0.3) is 22.4 Å². The van der Waals surface area contributed by atoms with Crippen LogP contribution in [0.4, 0.5) is 0 Å². The molecule has 0 radical (unpaired) electrons. The third-order valence-electron chi connectivity index (χ3n) is 2.62. The van der Waals surface area contributed by atoms with E-state index >= 15 is 0 Å². The summed E-state index contributed by atoms with van der Waals surface area (Å²) in [4.78, 5) is 7.46.